The van der Waals surface area contributed by atoms with Gasteiger partial charge in [0, 0.05) is 30.6 Å². The summed E-state index contributed by atoms with van der Waals surface area (Å²) < 4.78 is 26.3. The molecular weight excluding hydrogens is 412 g/mol. The number of benzene rings is 1. The first-order chi connectivity index (χ1) is 14.9. The maximum Gasteiger partial charge on any atom is 0.230 e. The van der Waals surface area contributed by atoms with E-state index in [0.29, 0.717) is 13.0 Å². The van der Waals surface area contributed by atoms with Crippen LogP contribution in [-0.4, -0.2) is 38.1 Å². The molecule has 1 heterocycles. The minimum Gasteiger partial charge on any atom is -0.353 e. The lowest BCUT2D eigenvalue weighted by Crippen LogP contribution is -2.37. The molecule has 170 valence electrons. The molecule has 1 N–H and O–H groups in total. The van der Waals surface area contributed by atoms with Crippen LogP contribution in [-0.2, 0) is 25.8 Å². The van der Waals surface area contributed by atoms with E-state index in [1.165, 1.54) is 19.3 Å². The fraction of sp³-hybridized carbons (Fsp3) is 0.667. The molecule has 3 aliphatic rings. The number of fused-ring (bicyclic) bond motifs is 1. The Labute approximate surface area is 185 Å². The summed E-state index contributed by atoms with van der Waals surface area (Å²) in [5.41, 5.74) is 1.74. The Hall–Kier alpha value is -1.89. The van der Waals surface area contributed by atoms with E-state index in [1.807, 2.05) is 0 Å². The van der Waals surface area contributed by atoms with E-state index in [9.17, 15) is 18.0 Å². The van der Waals surface area contributed by atoms with Crippen molar-refractivity contribution in [2.75, 3.05) is 11.4 Å². The molecule has 2 saturated carbocycles. The van der Waals surface area contributed by atoms with Gasteiger partial charge < -0.3 is 10.2 Å². The first-order valence-corrected chi connectivity index (χ1v) is 13.4. The van der Waals surface area contributed by atoms with Gasteiger partial charge in [0.05, 0.1) is 10.1 Å². The molecule has 0 aromatic heterocycles. The normalized spacial score (nSPS) is 21.1. The van der Waals surface area contributed by atoms with Gasteiger partial charge in [-0.1, -0.05) is 32.1 Å². The second-order valence-corrected chi connectivity index (χ2v) is 11.8. The topological polar surface area (TPSA) is 83.6 Å². The molecule has 2 fully saturated rings. The number of amides is 2. The van der Waals surface area contributed by atoms with E-state index >= 15 is 0 Å². The number of rotatable bonds is 6. The number of hydrogen-bond acceptors (Lipinski definition) is 4. The maximum absolute atomic E-state index is 13.1. The first kappa shape index (κ1) is 22.3. The first-order valence-electron chi connectivity index (χ1n) is 11.8. The lowest BCUT2D eigenvalue weighted by atomic mass is 9.96. The van der Waals surface area contributed by atoms with Crippen molar-refractivity contribution in [2.45, 2.75) is 93.7 Å². The number of nitrogens with one attached hydrogen (secondary N) is 1. The van der Waals surface area contributed by atoms with Crippen molar-refractivity contribution in [1.82, 2.24) is 5.32 Å². The molecule has 2 aliphatic carbocycles. The Balaban J connectivity index is 1.39. The average molecular weight is 447 g/mol. The Morgan fingerprint density at radius 3 is 2.42 bits per heavy atom. The van der Waals surface area contributed by atoms with Crippen LogP contribution in [0, 0.1) is 5.92 Å². The van der Waals surface area contributed by atoms with E-state index in [2.05, 4.69) is 5.32 Å². The van der Waals surface area contributed by atoms with Crippen molar-refractivity contribution in [3.05, 3.63) is 23.8 Å². The Morgan fingerprint density at radius 2 is 1.74 bits per heavy atom. The van der Waals surface area contributed by atoms with Crippen molar-refractivity contribution < 1.29 is 18.0 Å². The fourth-order valence-electron chi connectivity index (χ4n) is 4.82. The monoisotopic (exact) mass is 446 g/mol. The van der Waals surface area contributed by atoms with Gasteiger partial charge in [-0.3, -0.25) is 9.59 Å². The van der Waals surface area contributed by atoms with E-state index < -0.39 is 15.1 Å². The smallest absolute Gasteiger partial charge is 0.230 e. The Bertz CT molecular complexity index is 931. The third kappa shape index (κ3) is 5.13. The predicted octanol–water partition coefficient (Wildman–Crippen LogP) is 3.77. The van der Waals surface area contributed by atoms with Gasteiger partial charge in [-0.25, -0.2) is 8.42 Å². The second-order valence-electron chi connectivity index (χ2n) is 9.47. The number of sulfone groups is 1. The van der Waals surface area contributed by atoms with Crippen LogP contribution in [0.2, 0.25) is 0 Å². The molecule has 0 spiro atoms. The number of hydrogen-bond donors (Lipinski definition) is 1. The van der Waals surface area contributed by atoms with E-state index in [1.54, 1.807) is 30.0 Å². The minimum absolute atomic E-state index is 0.0256. The largest absolute Gasteiger partial charge is 0.353 e. The van der Waals surface area contributed by atoms with Crippen LogP contribution < -0.4 is 10.2 Å². The van der Waals surface area contributed by atoms with Crippen molar-refractivity contribution in [1.29, 1.82) is 0 Å². The van der Waals surface area contributed by atoms with Gasteiger partial charge in [-0.2, -0.15) is 0 Å². The molecule has 0 unspecified atom stereocenters. The van der Waals surface area contributed by atoms with Gasteiger partial charge in [-0.15, -0.1) is 0 Å². The second kappa shape index (κ2) is 9.31. The van der Waals surface area contributed by atoms with E-state index in [4.69, 9.17) is 0 Å². The van der Waals surface area contributed by atoms with E-state index in [0.717, 1.165) is 49.8 Å². The SMILES string of the molecule is C[C@H](CC(=O)NC1CCCCCCC1)S(=O)(=O)c1ccc2c(c1)CCN2C(=O)C1CC1. The predicted molar refractivity (Wildman–Crippen MR) is 121 cm³/mol. The highest BCUT2D eigenvalue weighted by molar-refractivity contribution is 7.92. The number of anilines is 1. The summed E-state index contributed by atoms with van der Waals surface area (Å²) in [5, 5.41) is 2.28. The van der Waals surface area contributed by atoms with Gasteiger partial charge in [0.15, 0.2) is 9.84 Å². The van der Waals surface area contributed by atoms with Crippen molar-refractivity contribution in [3.63, 3.8) is 0 Å². The molecule has 7 heteroatoms. The molecule has 31 heavy (non-hydrogen) atoms. The minimum atomic E-state index is -3.62. The van der Waals surface area contributed by atoms with Gasteiger partial charge >= 0.3 is 0 Å². The van der Waals surface area contributed by atoms with Gasteiger partial charge in [0.25, 0.3) is 0 Å². The summed E-state index contributed by atoms with van der Waals surface area (Å²) in [6.07, 6.45) is 10.4. The van der Waals surface area contributed by atoms with Crippen LogP contribution in [0.1, 0.15) is 76.7 Å². The Kier molecular flexibility index (Phi) is 6.70. The quantitative estimate of drug-likeness (QED) is 0.721. The maximum atomic E-state index is 13.1. The molecule has 4 rings (SSSR count). The lowest BCUT2D eigenvalue weighted by Gasteiger charge is -2.22. The molecule has 1 aromatic rings. The number of carbonyl (C=O) groups is 2. The summed E-state index contributed by atoms with van der Waals surface area (Å²) in [7, 11) is -3.62. The van der Waals surface area contributed by atoms with Crippen LogP contribution in [0.15, 0.2) is 23.1 Å². The summed E-state index contributed by atoms with van der Waals surface area (Å²) in [4.78, 5) is 27.1. The zero-order chi connectivity index (χ0) is 22.0. The zero-order valence-corrected chi connectivity index (χ0v) is 19.3. The summed E-state index contributed by atoms with van der Waals surface area (Å²) in [5.74, 6) is 0.128. The van der Waals surface area contributed by atoms with Gasteiger partial charge in [-0.05, 0) is 62.8 Å². The average Bonchev–Trinajstić information content (AvgIpc) is 3.48. The van der Waals surface area contributed by atoms with Crippen LogP contribution in [0.4, 0.5) is 5.69 Å². The lowest BCUT2D eigenvalue weighted by molar-refractivity contribution is -0.122. The molecular formula is C24H34N2O4S. The standard InChI is InChI=1S/C24H34N2O4S/c1-17(15-23(27)25-20-7-5-3-2-4-6-8-20)31(29,30)21-11-12-22-19(16-21)13-14-26(22)24(28)18-9-10-18/h11-12,16-18,20H,2-10,13-15H2,1H3,(H,25,27)/t17-/m1/s1. The number of nitrogens with zero attached hydrogens (tertiary/aromatic N) is 1. The third-order valence-corrected chi connectivity index (χ3v) is 9.08. The highest BCUT2D eigenvalue weighted by Crippen LogP contribution is 2.37. The molecule has 0 radical (unpaired) electrons. The molecule has 2 amide bonds. The molecule has 1 aromatic carbocycles. The van der Waals surface area contributed by atoms with Gasteiger partial charge in [0.1, 0.15) is 0 Å². The third-order valence-electron chi connectivity index (χ3n) is 6.94. The Morgan fingerprint density at radius 1 is 1.06 bits per heavy atom. The molecule has 1 aliphatic heterocycles. The molecule has 0 saturated heterocycles. The summed E-state index contributed by atoms with van der Waals surface area (Å²) >= 11 is 0. The summed E-state index contributed by atoms with van der Waals surface area (Å²) in [6, 6.07) is 5.22. The van der Waals surface area contributed by atoms with Crippen LogP contribution in [0.5, 0.6) is 0 Å². The van der Waals surface area contributed by atoms with Crippen molar-refractivity contribution >= 4 is 27.3 Å². The fourth-order valence-corrected chi connectivity index (χ4v) is 6.22. The van der Waals surface area contributed by atoms with Gasteiger partial charge in [0.2, 0.25) is 11.8 Å². The molecule has 0 bridgehead atoms. The van der Waals surface area contributed by atoms with Crippen molar-refractivity contribution in [2.24, 2.45) is 5.92 Å². The molecule has 6 nitrogen and oxygen atoms in total. The number of carbonyl (C=O) groups excluding carboxylic acids is 2. The van der Waals surface area contributed by atoms with E-state index in [-0.39, 0.29) is 35.1 Å². The zero-order valence-electron chi connectivity index (χ0n) is 18.4. The van der Waals surface area contributed by atoms with Crippen LogP contribution in [0.25, 0.3) is 0 Å². The summed E-state index contributed by atoms with van der Waals surface area (Å²) in [6.45, 7) is 2.23. The molecule has 1 atom stereocenters. The van der Waals surface area contributed by atoms with Crippen molar-refractivity contribution in [3.8, 4) is 0 Å². The highest BCUT2D eigenvalue weighted by atomic mass is 32.2. The van der Waals surface area contributed by atoms with Crippen LogP contribution >= 0.6 is 0 Å². The van der Waals surface area contributed by atoms with Crippen LogP contribution in [0.3, 0.4) is 0 Å². The highest BCUT2D eigenvalue weighted by Gasteiger charge is 2.37.